The first-order chi connectivity index (χ1) is 18.6. The summed E-state index contributed by atoms with van der Waals surface area (Å²) < 4.78 is 21.9. The average Bonchev–Trinajstić information content (AvgIpc) is 3.28. The summed E-state index contributed by atoms with van der Waals surface area (Å²) in [5, 5.41) is 25.7. The van der Waals surface area contributed by atoms with Crippen molar-refractivity contribution < 1.29 is 24.1 Å². The van der Waals surface area contributed by atoms with Crippen LogP contribution in [0.15, 0.2) is 16.9 Å². The molecule has 0 bridgehead atoms. The number of nitrogens with zero attached hydrogens (tertiary/aromatic N) is 2. The van der Waals surface area contributed by atoms with Crippen LogP contribution in [0.5, 0.6) is 0 Å². The maximum atomic E-state index is 15.1. The van der Waals surface area contributed by atoms with Crippen LogP contribution < -0.4 is 10.9 Å². The number of aliphatic hydroxyl groups excluding tert-OH is 1. The highest BCUT2D eigenvalue weighted by atomic mass is 19.1. The Morgan fingerprint density at radius 3 is 2.72 bits per heavy atom. The zero-order valence-electron chi connectivity index (χ0n) is 22.7. The Labute approximate surface area is 225 Å². The lowest BCUT2D eigenvalue weighted by Gasteiger charge is -2.35. The Balaban J connectivity index is 1.65. The molecule has 0 radical (unpaired) electrons. The van der Waals surface area contributed by atoms with Crippen molar-refractivity contribution in [3.8, 4) is 11.4 Å². The smallest absolute Gasteiger partial charge is 0.343 e. The Morgan fingerprint density at radius 1 is 1.26 bits per heavy atom. The highest BCUT2D eigenvalue weighted by Crippen LogP contribution is 2.47. The second-order valence-corrected chi connectivity index (χ2v) is 11.4. The normalized spacial score (nSPS) is 22.1. The van der Waals surface area contributed by atoms with Crippen molar-refractivity contribution in [2.75, 3.05) is 6.61 Å². The summed E-state index contributed by atoms with van der Waals surface area (Å²) in [4.78, 5) is 31.2. The number of carbonyl (C=O) groups excluding carboxylic acids is 1. The Morgan fingerprint density at radius 2 is 2.03 bits per heavy atom. The minimum Gasteiger partial charge on any atom is -0.458 e. The van der Waals surface area contributed by atoms with Gasteiger partial charge in [-0.1, -0.05) is 20.8 Å². The first kappa shape index (κ1) is 26.1. The molecular formula is C30H34FN3O5. The van der Waals surface area contributed by atoms with Gasteiger partial charge in [-0.25, -0.2) is 14.2 Å². The van der Waals surface area contributed by atoms with Gasteiger partial charge in [0.25, 0.3) is 5.56 Å². The van der Waals surface area contributed by atoms with E-state index in [0.717, 1.165) is 28.5 Å². The predicted molar refractivity (Wildman–Crippen MR) is 144 cm³/mol. The van der Waals surface area contributed by atoms with Gasteiger partial charge in [0.1, 0.15) is 12.4 Å². The van der Waals surface area contributed by atoms with Gasteiger partial charge in [0.05, 0.1) is 29.0 Å². The van der Waals surface area contributed by atoms with Gasteiger partial charge in [0.15, 0.2) is 5.60 Å². The van der Waals surface area contributed by atoms with Gasteiger partial charge in [-0.3, -0.25) is 4.79 Å². The molecule has 1 aromatic carbocycles. The molecule has 3 N–H and O–H groups in total. The van der Waals surface area contributed by atoms with E-state index in [-0.39, 0.29) is 66.7 Å². The molecule has 0 saturated carbocycles. The average molecular weight is 536 g/mol. The lowest BCUT2D eigenvalue weighted by Crippen LogP contribution is -2.44. The number of aliphatic hydroxyl groups is 2. The van der Waals surface area contributed by atoms with Crippen LogP contribution in [0.3, 0.4) is 0 Å². The van der Waals surface area contributed by atoms with Gasteiger partial charge in [-0.15, -0.1) is 0 Å². The Bertz CT molecular complexity index is 1600. The summed E-state index contributed by atoms with van der Waals surface area (Å²) >= 11 is 0. The van der Waals surface area contributed by atoms with Crippen molar-refractivity contribution in [3.63, 3.8) is 0 Å². The van der Waals surface area contributed by atoms with E-state index in [0.29, 0.717) is 35.3 Å². The minimum atomic E-state index is -1.91. The van der Waals surface area contributed by atoms with Crippen LogP contribution >= 0.6 is 0 Å². The maximum absolute atomic E-state index is 15.1. The second-order valence-electron chi connectivity index (χ2n) is 11.4. The van der Waals surface area contributed by atoms with Crippen LogP contribution in [-0.2, 0) is 34.7 Å². The Hall–Kier alpha value is -3.14. The Kier molecular flexibility index (Phi) is 6.17. The molecule has 0 amide bonds. The standard InChI is InChI=1S/C30H34FN3O5/c1-5-30(38)20-10-24-27-18(12-34(24)28(36)19(20)13-39-29(30)37)25-17(22(8-9-35)32-14(2)3)7-6-16-15(4)21(31)11-23(33-27)26(16)25/h10-11,14,17,22,32,35,38H,5-9,12-13H2,1-4H3/t17-,22-,30+/m1/s1. The molecule has 8 nitrogen and oxygen atoms in total. The van der Waals surface area contributed by atoms with E-state index >= 15 is 4.39 Å². The number of pyridine rings is 2. The minimum absolute atomic E-state index is 0.0203. The monoisotopic (exact) mass is 535 g/mol. The highest BCUT2D eigenvalue weighted by Gasteiger charge is 2.46. The molecule has 3 atom stereocenters. The number of esters is 1. The number of fused-ring (bicyclic) bond motifs is 5. The zero-order valence-corrected chi connectivity index (χ0v) is 22.7. The van der Waals surface area contributed by atoms with Crippen LogP contribution in [0.2, 0.25) is 0 Å². The number of benzene rings is 1. The molecule has 0 fully saturated rings. The topological polar surface area (TPSA) is 114 Å². The number of aryl methyl sites for hydroxylation is 1. The van der Waals surface area contributed by atoms with Crippen molar-refractivity contribution in [2.45, 2.75) is 90.1 Å². The summed E-state index contributed by atoms with van der Waals surface area (Å²) in [5.41, 5.74) is 3.42. The number of cyclic esters (lactones) is 1. The van der Waals surface area contributed by atoms with Gasteiger partial charge < -0.3 is 24.8 Å². The first-order valence-corrected chi connectivity index (χ1v) is 13.8. The third-order valence-electron chi connectivity index (χ3n) is 8.90. The molecule has 0 unspecified atom stereocenters. The van der Waals surface area contributed by atoms with Gasteiger partial charge in [0.2, 0.25) is 0 Å². The molecule has 2 aliphatic heterocycles. The molecule has 206 valence electrons. The van der Waals surface area contributed by atoms with Gasteiger partial charge in [0, 0.05) is 47.2 Å². The number of halogens is 1. The number of rotatable bonds is 6. The van der Waals surface area contributed by atoms with Crippen molar-refractivity contribution in [1.29, 1.82) is 0 Å². The highest BCUT2D eigenvalue weighted by molar-refractivity contribution is 5.93. The van der Waals surface area contributed by atoms with E-state index in [1.807, 2.05) is 0 Å². The summed E-state index contributed by atoms with van der Waals surface area (Å²) in [6.45, 7) is 7.75. The number of hydrogen-bond acceptors (Lipinski definition) is 7. The number of hydrogen-bond donors (Lipinski definition) is 3. The summed E-state index contributed by atoms with van der Waals surface area (Å²) in [5.74, 6) is -1.06. The fraction of sp³-hybridized carbons (Fsp3) is 0.500. The quantitative estimate of drug-likeness (QED) is 0.325. The predicted octanol–water partition coefficient (Wildman–Crippen LogP) is 3.31. The number of carbonyl (C=O) groups is 1. The van der Waals surface area contributed by atoms with Crippen molar-refractivity contribution in [3.05, 3.63) is 61.7 Å². The lowest BCUT2D eigenvalue weighted by molar-refractivity contribution is -0.172. The third kappa shape index (κ3) is 3.70. The molecule has 0 spiro atoms. The molecule has 0 saturated heterocycles. The molecular weight excluding hydrogens is 501 g/mol. The fourth-order valence-electron chi connectivity index (χ4n) is 6.96. The van der Waals surface area contributed by atoms with Crippen molar-refractivity contribution >= 4 is 16.9 Å². The fourth-order valence-corrected chi connectivity index (χ4v) is 6.96. The number of nitrogens with one attached hydrogen (secondary N) is 1. The molecule has 39 heavy (non-hydrogen) atoms. The van der Waals surface area contributed by atoms with Crippen molar-refractivity contribution in [1.82, 2.24) is 14.9 Å². The molecule has 2 aromatic heterocycles. The van der Waals surface area contributed by atoms with E-state index in [4.69, 9.17) is 9.72 Å². The van der Waals surface area contributed by atoms with Crippen LogP contribution in [0.4, 0.5) is 4.39 Å². The molecule has 3 aromatic rings. The number of aromatic nitrogens is 2. The first-order valence-electron chi connectivity index (χ1n) is 13.8. The van der Waals surface area contributed by atoms with Crippen LogP contribution in [0.1, 0.15) is 79.3 Å². The zero-order chi connectivity index (χ0) is 27.8. The van der Waals surface area contributed by atoms with Crippen molar-refractivity contribution in [2.24, 2.45) is 0 Å². The van der Waals surface area contributed by atoms with Gasteiger partial charge in [-0.2, -0.15) is 0 Å². The molecule has 6 rings (SSSR count). The van der Waals surface area contributed by atoms with E-state index < -0.39 is 11.6 Å². The van der Waals surface area contributed by atoms with E-state index in [2.05, 4.69) is 19.2 Å². The van der Waals surface area contributed by atoms with Gasteiger partial charge >= 0.3 is 5.97 Å². The number of ether oxygens (including phenoxy) is 1. The second kappa shape index (κ2) is 9.21. The summed E-state index contributed by atoms with van der Waals surface area (Å²) in [6.07, 6.45) is 2.09. The molecule has 3 aliphatic rings. The summed E-state index contributed by atoms with van der Waals surface area (Å²) in [7, 11) is 0. The lowest BCUT2D eigenvalue weighted by atomic mass is 9.74. The van der Waals surface area contributed by atoms with E-state index in [1.54, 1.807) is 24.5 Å². The van der Waals surface area contributed by atoms with Crippen LogP contribution in [0, 0.1) is 12.7 Å². The SMILES string of the molecule is CC[C@@]1(O)C(=O)OCc2c1cc1n(c2=O)Cc2c-1nc1cc(F)c(C)c3c1c2[C@@H]([C@@H](CCO)NC(C)C)CC3. The van der Waals surface area contributed by atoms with Gasteiger partial charge in [-0.05, 0) is 55.4 Å². The summed E-state index contributed by atoms with van der Waals surface area (Å²) in [6, 6.07) is 3.34. The maximum Gasteiger partial charge on any atom is 0.343 e. The molecule has 9 heteroatoms. The van der Waals surface area contributed by atoms with Crippen LogP contribution in [0.25, 0.3) is 22.3 Å². The van der Waals surface area contributed by atoms with Crippen LogP contribution in [-0.4, -0.2) is 44.4 Å². The molecule has 1 aliphatic carbocycles. The van der Waals surface area contributed by atoms with E-state index in [1.165, 1.54) is 6.07 Å². The third-order valence-corrected chi connectivity index (χ3v) is 8.90. The largest absolute Gasteiger partial charge is 0.458 e. The molecule has 4 heterocycles. The van der Waals surface area contributed by atoms with E-state index in [9.17, 15) is 19.8 Å².